The minimum Gasteiger partial charge on any atom is -0.507 e. The van der Waals surface area contributed by atoms with Crippen LogP contribution in [0.4, 0.5) is 0 Å². The average molecular weight is 545 g/mol. The van der Waals surface area contributed by atoms with Crippen molar-refractivity contribution >= 4 is 44.5 Å². The number of piperidine rings is 1. The van der Waals surface area contributed by atoms with Crippen LogP contribution in [0.1, 0.15) is 28.9 Å². The van der Waals surface area contributed by atoms with E-state index in [1.807, 2.05) is 36.2 Å². The van der Waals surface area contributed by atoms with Gasteiger partial charge in [0.15, 0.2) is 0 Å². The number of hydrogen-bond donors (Lipinski definition) is 1. The van der Waals surface area contributed by atoms with Gasteiger partial charge in [0.1, 0.15) is 5.75 Å². The van der Waals surface area contributed by atoms with E-state index in [1.165, 1.54) is 4.90 Å². The molecule has 1 N–H and O–H groups in total. The van der Waals surface area contributed by atoms with Crippen LogP contribution in [0, 0.1) is 0 Å². The molecule has 5 rings (SSSR count). The quantitative estimate of drug-likeness (QED) is 0.465. The molecule has 2 fully saturated rings. The number of hydrogen-bond acceptors (Lipinski definition) is 5. The molecular weight excluding hydrogens is 514 g/mol. The second kappa shape index (κ2) is 10.3. The second-order valence-corrected chi connectivity index (χ2v) is 10.9. The van der Waals surface area contributed by atoms with E-state index in [4.69, 9.17) is 4.74 Å². The number of likely N-dealkylation sites (tertiary alicyclic amines) is 1. The van der Waals surface area contributed by atoms with Crippen LogP contribution in [0.15, 0.2) is 51.8 Å². The van der Waals surface area contributed by atoms with Gasteiger partial charge in [0.2, 0.25) is 0 Å². The first kappa shape index (κ1) is 23.7. The van der Waals surface area contributed by atoms with Crippen molar-refractivity contribution in [3.05, 3.63) is 58.2 Å². The van der Waals surface area contributed by atoms with Gasteiger partial charge in [-0.25, -0.2) is 0 Å². The second-order valence-electron chi connectivity index (χ2n) is 8.97. The predicted molar refractivity (Wildman–Crippen MR) is 140 cm³/mol. The number of aromatic nitrogens is 1. The third-order valence-corrected chi connectivity index (χ3v) is 8.69. The Bertz CT molecular complexity index is 1170. The van der Waals surface area contributed by atoms with Crippen LogP contribution in [-0.4, -0.2) is 70.8 Å². The molecule has 8 heteroatoms. The molecule has 0 unspecified atom stereocenters. The molecule has 3 aromatic rings. The first-order valence-corrected chi connectivity index (χ1v) is 13.6. The largest absolute Gasteiger partial charge is 0.507 e. The van der Waals surface area contributed by atoms with Crippen LogP contribution in [0.3, 0.4) is 0 Å². The van der Waals surface area contributed by atoms with E-state index in [9.17, 15) is 9.90 Å². The topological polar surface area (TPSA) is 57.9 Å². The summed E-state index contributed by atoms with van der Waals surface area (Å²) < 4.78 is 8.24. The number of thioether (sulfide) groups is 1. The van der Waals surface area contributed by atoms with Gasteiger partial charge in [-0.2, -0.15) is 0 Å². The molecular formula is C26H30BrN3O3S. The lowest BCUT2D eigenvalue weighted by Crippen LogP contribution is -2.50. The summed E-state index contributed by atoms with van der Waals surface area (Å²) in [4.78, 5) is 19.6. The van der Waals surface area contributed by atoms with E-state index >= 15 is 0 Å². The van der Waals surface area contributed by atoms with Gasteiger partial charge < -0.3 is 19.3 Å². The maximum absolute atomic E-state index is 13.9. The Morgan fingerprint density at radius 1 is 1.12 bits per heavy atom. The first-order chi connectivity index (χ1) is 16.5. The van der Waals surface area contributed by atoms with Gasteiger partial charge in [0.25, 0.3) is 5.91 Å². The highest BCUT2D eigenvalue weighted by molar-refractivity contribution is 9.10. The van der Waals surface area contributed by atoms with Crippen LogP contribution in [-0.2, 0) is 17.5 Å². The summed E-state index contributed by atoms with van der Waals surface area (Å²) >= 11 is 5.16. The predicted octanol–water partition coefficient (Wildman–Crippen LogP) is 4.88. The van der Waals surface area contributed by atoms with Crippen molar-refractivity contribution in [2.24, 2.45) is 7.05 Å². The fourth-order valence-corrected chi connectivity index (χ4v) is 6.43. The minimum absolute atomic E-state index is 0.0661. The molecule has 1 aromatic heterocycles. The van der Waals surface area contributed by atoms with Gasteiger partial charge in [0.05, 0.1) is 28.8 Å². The van der Waals surface area contributed by atoms with Gasteiger partial charge in [-0.15, -0.1) is 11.8 Å². The highest BCUT2D eigenvalue weighted by atomic mass is 79.9. The van der Waals surface area contributed by atoms with Crippen molar-refractivity contribution in [3.63, 3.8) is 0 Å². The van der Waals surface area contributed by atoms with E-state index in [0.29, 0.717) is 21.8 Å². The molecule has 0 radical (unpaired) electrons. The van der Waals surface area contributed by atoms with Crippen LogP contribution < -0.4 is 0 Å². The van der Waals surface area contributed by atoms with Gasteiger partial charge in [0, 0.05) is 61.0 Å². The number of halogens is 1. The number of carbonyl (C=O) groups excluding carboxylic acids is 1. The van der Waals surface area contributed by atoms with Crippen LogP contribution in [0.25, 0.3) is 10.9 Å². The molecule has 0 saturated carbocycles. The zero-order chi connectivity index (χ0) is 23.7. The average Bonchev–Trinajstić information content (AvgIpc) is 3.14. The molecule has 2 aliphatic heterocycles. The molecule has 0 bridgehead atoms. The van der Waals surface area contributed by atoms with Gasteiger partial charge in [-0.05, 0) is 53.0 Å². The summed E-state index contributed by atoms with van der Waals surface area (Å²) in [6.45, 7) is 5.08. The van der Waals surface area contributed by atoms with Gasteiger partial charge in [-0.3, -0.25) is 9.69 Å². The smallest absolute Gasteiger partial charge is 0.256 e. The normalized spacial score (nSPS) is 18.0. The van der Waals surface area contributed by atoms with E-state index in [1.54, 1.807) is 17.8 Å². The fraction of sp³-hybridized carbons (Fsp3) is 0.423. The van der Waals surface area contributed by atoms with E-state index in [2.05, 4.69) is 37.5 Å². The molecule has 0 aliphatic carbocycles. The number of aromatic hydroxyl groups is 1. The molecule has 0 atom stereocenters. The number of fused-ring (bicyclic) bond motifs is 1. The lowest BCUT2D eigenvalue weighted by Gasteiger charge is -2.40. The Labute approximate surface area is 213 Å². The van der Waals surface area contributed by atoms with Crippen molar-refractivity contribution in [3.8, 4) is 5.75 Å². The van der Waals surface area contributed by atoms with Crippen molar-refractivity contribution in [1.29, 1.82) is 0 Å². The number of phenolic OH excluding ortho intramolecular Hbond substituents is 1. The summed E-state index contributed by atoms with van der Waals surface area (Å²) in [5, 5.41) is 11.2. The van der Waals surface area contributed by atoms with E-state index in [0.717, 1.165) is 68.8 Å². The van der Waals surface area contributed by atoms with Crippen molar-refractivity contribution in [2.75, 3.05) is 39.4 Å². The van der Waals surface area contributed by atoms with Gasteiger partial charge >= 0.3 is 0 Å². The molecule has 2 aliphatic rings. The SMILES string of the molecule is Cn1c(CSc2ccccc2)c(C(=O)N2CCC(N3CCOCC3)CC2)c2cc(O)c(Br)cc21. The van der Waals surface area contributed by atoms with Crippen LogP contribution in [0.2, 0.25) is 0 Å². The minimum atomic E-state index is 0.0661. The first-order valence-electron chi connectivity index (χ1n) is 11.8. The number of nitrogens with zero attached hydrogens (tertiary/aromatic N) is 3. The Morgan fingerprint density at radius 3 is 2.53 bits per heavy atom. The zero-order valence-electron chi connectivity index (χ0n) is 19.4. The highest BCUT2D eigenvalue weighted by Crippen LogP contribution is 2.37. The number of morpholine rings is 1. The molecule has 2 aromatic carbocycles. The molecule has 2 saturated heterocycles. The summed E-state index contributed by atoms with van der Waals surface area (Å²) in [6.07, 6.45) is 1.98. The molecule has 180 valence electrons. The zero-order valence-corrected chi connectivity index (χ0v) is 21.8. The Morgan fingerprint density at radius 2 is 1.82 bits per heavy atom. The Kier molecular flexibility index (Phi) is 7.20. The van der Waals surface area contributed by atoms with Crippen molar-refractivity contribution in [2.45, 2.75) is 29.5 Å². The van der Waals surface area contributed by atoms with E-state index < -0.39 is 0 Å². The summed E-state index contributed by atoms with van der Waals surface area (Å²) in [5.74, 6) is 0.899. The van der Waals surface area contributed by atoms with Crippen LogP contribution in [0.5, 0.6) is 5.75 Å². The molecule has 34 heavy (non-hydrogen) atoms. The number of phenols is 1. The lowest BCUT2D eigenvalue weighted by molar-refractivity contribution is 0.00160. The lowest BCUT2D eigenvalue weighted by atomic mass is 10.0. The fourth-order valence-electron chi connectivity index (χ4n) is 5.11. The maximum atomic E-state index is 13.9. The number of amides is 1. The van der Waals surface area contributed by atoms with Crippen molar-refractivity contribution < 1.29 is 14.6 Å². The summed E-state index contributed by atoms with van der Waals surface area (Å²) in [6, 6.07) is 14.4. The third-order valence-electron chi connectivity index (χ3n) is 7.04. The molecule has 1 amide bonds. The number of carbonyl (C=O) groups is 1. The number of ether oxygens (including phenoxy) is 1. The highest BCUT2D eigenvalue weighted by Gasteiger charge is 2.31. The molecule has 3 heterocycles. The molecule has 6 nitrogen and oxygen atoms in total. The standard InChI is InChI=1S/C26H30BrN3O3S/c1-28-22-16-21(27)24(31)15-20(22)25(23(28)17-34-19-5-3-2-4-6-19)26(32)30-9-7-18(8-10-30)29-11-13-33-14-12-29/h2-6,15-16,18,31H,7-14,17H2,1H3. The van der Waals surface area contributed by atoms with Crippen LogP contribution >= 0.6 is 27.7 Å². The number of rotatable bonds is 5. The summed E-state index contributed by atoms with van der Waals surface area (Å²) in [5.41, 5.74) is 2.65. The number of aryl methyl sites for hydroxylation is 1. The molecule has 0 spiro atoms. The Hall–Kier alpha value is -2.00. The van der Waals surface area contributed by atoms with E-state index in [-0.39, 0.29) is 11.7 Å². The third kappa shape index (κ3) is 4.73. The summed E-state index contributed by atoms with van der Waals surface area (Å²) in [7, 11) is 2.01. The Balaban J connectivity index is 1.42. The van der Waals surface area contributed by atoms with Gasteiger partial charge in [-0.1, -0.05) is 18.2 Å². The number of benzene rings is 2. The maximum Gasteiger partial charge on any atom is 0.256 e. The van der Waals surface area contributed by atoms with Crippen molar-refractivity contribution in [1.82, 2.24) is 14.4 Å². The monoisotopic (exact) mass is 543 g/mol.